The molecule has 1 aliphatic heterocycles. The predicted octanol–water partition coefficient (Wildman–Crippen LogP) is -0.722. The zero-order chi connectivity index (χ0) is 12.2. The van der Waals surface area contributed by atoms with Crippen LogP contribution in [0.1, 0.15) is 0 Å². The lowest BCUT2D eigenvalue weighted by atomic mass is 10.3. The van der Waals surface area contributed by atoms with Crippen LogP contribution in [-0.4, -0.2) is 56.4 Å². The fourth-order valence-corrected chi connectivity index (χ4v) is 1.09. The van der Waals surface area contributed by atoms with Gasteiger partial charge in [0.2, 0.25) is 5.78 Å². The Bertz CT molecular complexity index is 353. The maximum Gasteiger partial charge on any atom is 0.295 e. The molecule has 1 aliphatic rings. The molecule has 0 saturated carbocycles. The highest BCUT2D eigenvalue weighted by atomic mass is 16.5. The Morgan fingerprint density at radius 1 is 1.56 bits per heavy atom. The highest BCUT2D eigenvalue weighted by molar-refractivity contribution is 6.41. The average molecular weight is 226 g/mol. The number of hydrogen-bond acceptors (Lipinski definition) is 4. The van der Waals surface area contributed by atoms with Crippen LogP contribution in [0.3, 0.4) is 0 Å². The van der Waals surface area contributed by atoms with Crippen LogP contribution in [0.15, 0.2) is 17.3 Å². The van der Waals surface area contributed by atoms with Gasteiger partial charge in [-0.25, -0.2) is 5.43 Å². The third-order valence-electron chi connectivity index (χ3n) is 1.70. The molecule has 1 N–H and O–H groups in total. The van der Waals surface area contributed by atoms with Gasteiger partial charge in [0.25, 0.3) is 11.8 Å². The quantitative estimate of drug-likeness (QED) is 0.510. The second-order valence-electron chi connectivity index (χ2n) is 4.48. The number of ketones is 1. The minimum absolute atomic E-state index is 0.0720. The molecule has 1 rings (SSSR count). The molecule has 0 unspecified atom stereocenters. The zero-order valence-electron chi connectivity index (χ0n) is 9.69. The van der Waals surface area contributed by atoms with E-state index in [2.05, 4.69) is 10.5 Å². The van der Waals surface area contributed by atoms with Crippen LogP contribution >= 0.6 is 0 Å². The monoisotopic (exact) mass is 226 g/mol. The summed E-state index contributed by atoms with van der Waals surface area (Å²) in [4.78, 5) is 22.6. The van der Waals surface area contributed by atoms with Crippen molar-refractivity contribution >= 4 is 17.6 Å². The summed E-state index contributed by atoms with van der Waals surface area (Å²) in [6, 6.07) is 0. The lowest BCUT2D eigenvalue weighted by Crippen LogP contribution is -2.43. The number of amides is 1. The van der Waals surface area contributed by atoms with E-state index >= 15 is 0 Å². The topological polar surface area (TPSA) is 67.8 Å². The lowest BCUT2D eigenvalue weighted by Gasteiger charge is -2.22. The molecule has 1 heterocycles. The molecule has 0 spiro atoms. The number of nitrogens with zero attached hydrogens (tertiary/aromatic N) is 2. The van der Waals surface area contributed by atoms with E-state index in [1.165, 1.54) is 6.08 Å². The fourth-order valence-electron chi connectivity index (χ4n) is 1.09. The molecule has 0 bridgehead atoms. The van der Waals surface area contributed by atoms with Crippen molar-refractivity contribution in [1.82, 2.24) is 5.43 Å². The summed E-state index contributed by atoms with van der Waals surface area (Å²) in [6.07, 6.45) is 2.96. The van der Waals surface area contributed by atoms with Crippen LogP contribution < -0.4 is 5.43 Å². The summed E-state index contributed by atoms with van der Waals surface area (Å²) in [5.74, 6) is -0.667. The zero-order valence-corrected chi connectivity index (χ0v) is 9.69. The van der Waals surface area contributed by atoms with Crippen LogP contribution in [0.2, 0.25) is 0 Å². The Kier molecular flexibility index (Phi) is 3.78. The van der Waals surface area contributed by atoms with E-state index in [-0.39, 0.29) is 24.1 Å². The number of ether oxygens (including phenoxy) is 1. The van der Waals surface area contributed by atoms with E-state index in [9.17, 15) is 9.59 Å². The van der Waals surface area contributed by atoms with Crippen molar-refractivity contribution in [1.29, 1.82) is 0 Å². The van der Waals surface area contributed by atoms with Crippen LogP contribution in [0, 0.1) is 0 Å². The fraction of sp³-hybridized carbons (Fsp3) is 0.500. The smallest absolute Gasteiger partial charge is 0.295 e. The van der Waals surface area contributed by atoms with E-state index in [0.29, 0.717) is 11.1 Å². The normalized spacial score (nSPS) is 18.4. The molecule has 0 radical (unpaired) electrons. The summed E-state index contributed by atoms with van der Waals surface area (Å²) in [6.45, 7) is 0.580. The summed E-state index contributed by atoms with van der Waals surface area (Å²) < 4.78 is 5.46. The third kappa shape index (κ3) is 4.22. The molecule has 0 aromatic rings. The minimum Gasteiger partial charge on any atom is -0.470 e. The predicted molar refractivity (Wildman–Crippen MR) is 58.6 cm³/mol. The number of hydrogen-bond donors (Lipinski definition) is 1. The Hall–Kier alpha value is -1.69. The Morgan fingerprint density at radius 2 is 2.25 bits per heavy atom. The van der Waals surface area contributed by atoms with Crippen molar-refractivity contribution in [2.75, 3.05) is 34.3 Å². The summed E-state index contributed by atoms with van der Waals surface area (Å²) in [5, 5.41) is 3.63. The van der Waals surface area contributed by atoms with Gasteiger partial charge in [-0.05, 0) is 12.2 Å². The minimum atomic E-state index is -0.336. The first-order valence-corrected chi connectivity index (χ1v) is 4.89. The first kappa shape index (κ1) is 12.4. The van der Waals surface area contributed by atoms with Gasteiger partial charge < -0.3 is 9.22 Å². The Labute approximate surface area is 94.2 Å². The molecular weight excluding hydrogens is 210 g/mol. The van der Waals surface area contributed by atoms with E-state index < -0.39 is 0 Å². The number of nitrogens with one attached hydrogen (secondary N) is 1. The van der Waals surface area contributed by atoms with Crippen molar-refractivity contribution < 1.29 is 18.8 Å². The van der Waals surface area contributed by atoms with Gasteiger partial charge in [-0.1, -0.05) is 0 Å². The summed E-state index contributed by atoms with van der Waals surface area (Å²) in [7, 11) is 5.66. The number of carbonyl (C=O) groups is 2. The molecule has 0 fully saturated rings. The second-order valence-corrected chi connectivity index (χ2v) is 4.48. The highest BCUT2D eigenvalue weighted by Crippen LogP contribution is 1.95. The van der Waals surface area contributed by atoms with Crippen LogP contribution in [0.4, 0.5) is 0 Å². The molecular formula is C10H16N3O3+. The average Bonchev–Trinajstić information content (AvgIpc) is 2.14. The van der Waals surface area contributed by atoms with E-state index in [0.717, 1.165) is 0 Å². The molecule has 0 aliphatic carbocycles. The largest absolute Gasteiger partial charge is 0.470 e. The van der Waals surface area contributed by atoms with Gasteiger partial charge in [0.15, 0.2) is 6.54 Å². The molecule has 0 aromatic heterocycles. The van der Waals surface area contributed by atoms with E-state index in [4.69, 9.17) is 4.74 Å². The first-order valence-electron chi connectivity index (χ1n) is 4.89. The standard InChI is InChI=1S/C10H15N3O3/c1-13(2,3)7-9(15)11-12-10-8(14)5-4-6-16-10/h4-5H,6-7H2,1-3H3/p+1. The molecule has 6 nitrogen and oxygen atoms in total. The maximum atomic E-state index is 11.4. The van der Waals surface area contributed by atoms with E-state index in [1.807, 2.05) is 21.1 Å². The van der Waals surface area contributed by atoms with Crippen LogP contribution in [0.25, 0.3) is 0 Å². The molecule has 1 amide bonds. The number of rotatable bonds is 3. The molecule has 0 saturated heterocycles. The molecule has 16 heavy (non-hydrogen) atoms. The van der Waals surface area contributed by atoms with Gasteiger partial charge in [0.1, 0.15) is 6.61 Å². The van der Waals surface area contributed by atoms with Gasteiger partial charge in [-0.2, -0.15) is 0 Å². The van der Waals surface area contributed by atoms with Crippen LogP contribution in [-0.2, 0) is 14.3 Å². The third-order valence-corrected chi connectivity index (χ3v) is 1.70. The number of quaternary nitrogens is 1. The van der Waals surface area contributed by atoms with Crippen LogP contribution in [0.5, 0.6) is 0 Å². The highest BCUT2D eigenvalue weighted by Gasteiger charge is 2.16. The van der Waals surface area contributed by atoms with Gasteiger partial charge >= 0.3 is 0 Å². The van der Waals surface area contributed by atoms with Crippen molar-refractivity contribution in [3.63, 3.8) is 0 Å². The lowest BCUT2D eigenvalue weighted by molar-refractivity contribution is -0.862. The van der Waals surface area contributed by atoms with Crippen molar-refractivity contribution in [2.45, 2.75) is 0 Å². The van der Waals surface area contributed by atoms with Gasteiger partial charge in [-0.3, -0.25) is 9.59 Å². The number of likely N-dealkylation sites (N-methyl/N-ethyl adjacent to an activating group) is 1. The molecule has 0 atom stereocenters. The first-order chi connectivity index (χ1) is 7.38. The van der Waals surface area contributed by atoms with Crippen molar-refractivity contribution in [3.05, 3.63) is 12.2 Å². The summed E-state index contributed by atoms with van der Waals surface area (Å²) >= 11 is 0. The number of hydrazone groups is 1. The van der Waals surface area contributed by atoms with E-state index in [1.54, 1.807) is 6.08 Å². The molecule has 0 aromatic carbocycles. The van der Waals surface area contributed by atoms with Crippen molar-refractivity contribution in [2.24, 2.45) is 5.10 Å². The number of carbonyl (C=O) groups excluding carboxylic acids is 2. The molecule has 6 heteroatoms. The van der Waals surface area contributed by atoms with Gasteiger partial charge in [0.05, 0.1) is 21.1 Å². The SMILES string of the molecule is C[N+](C)(C)CC(=O)NN=C1OCC=CC1=O. The second kappa shape index (κ2) is 4.89. The summed E-state index contributed by atoms with van der Waals surface area (Å²) in [5.41, 5.74) is 2.29. The Balaban J connectivity index is 2.50. The van der Waals surface area contributed by atoms with Gasteiger partial charge in [0, 0.05) is 0 Å². The Morgan fingerprint density at radius 3 is 2.81 bits per heavy atom. The maximum absolute atomic E-state index is 11.4. The van der Waals surface area contributed by atoms with Crippen molar-refractivity contribution in [3.8, 4) is 0 Å². The van der Waals surface area contributed by atoms with Gasteiger partial charge in [-0.15, -0.1) is 5.10 Å². The molecule has 88 valence electrons.